The SMILES string of the molecule is Cc1ccc(CC(=O)C2(c3ccc4c(c3)OC(F)(F)O4)CC2)cc1-c1ccc(C(=O)O)cc1F. The smallest absolute Gasteiger partial charge is 0.478 e. The van der Waals surface area contributed by atoms with Crippen LogP contribution in [0.3, 0.4) is 0 Å². The Hall–Kier alpha value is -3.81. The number of Topliss-reactive ketones (excluding diaryl/α,β-unsaturated/α-hetero) is 1. The molecule has 1 heterocycles. The van der Waals surface area contributed by atoms with E-state index in [4.69, 9.17) is 5.11 Å². The number of rotatable bonds is 6. The lowest BCUT2D eigenvalue weighted by Gasteiger charge is -2.16. The number of carboxylic acid groups (broad SMARTS) is 1. The third kappa shape index (κ3) is 3.79. The molecule has 0 spiro atoms. The predicted molar refractivity (Wildman–Crippen MR) is 116 cm³/mol. The summed E-state index contributed by atoms with van der Waals surface area (Å²) in [6.45, 7) is 1.80. The van der Waals surface area contributed by atoms with E-state index in [1.165, 1.54) is 24.3 Å². The fourth-order valence-corrected chi connectivity index (χ4v) is 4.39. The van der Waals surface area contributed by atoms with Crippen molar-refractivity contribution in [2.24, 2.45) is 0 Å². The van der Waals surface area contributed by atoms with Crippen molar-refractivity contribution >= 4 is 11.8 Å². The molecule has 1 fully saturated rings. The quantitative estimate of drug-likeness (QED) is 0.505. The lowest BCUT2D eigenvalue weighted by atomic mass is 9.86. The van der Waals surface area contributed by atoms with E-state index in [2.05, 4.69) is 9.47 Å². The van der Waals surface area contributed by atoms with E-state index >= 15 is 0 Å². The molecule has 34 heavy (non-hydrogen) atoms. The number of aromatic carboxylic acids is 1. The summed E-state index contributed by atoms with van der Waals surface area (Å²) in [6.07, 6.45) is -2.47. The molecule has 0 radical (unpaired) electrons. The number of hydrogen-bond donors (Lipinski definition) is 1. The van der Waals surface area contributed by atoms with Crippen molar-refractivity contribution in [3.8, 4) is 22.6 Å². The Labute approximate surface area is 192 Å². The largest absolute Gasteiger partial charge is 0.586 e. The number of ether oxygens (including phenoxy) is 2. The van der Waals surface area contributed by atoms with Gasteiger partial charge in [-0.2, -0.15) is 0 Å². The first-order valence-electron chi connectivity index (χ1n) is 10.6. The lowest BCUT2D eigenvalue weighted by molar-refractivity contribution is -0.286. The second-order valence-electron chi connectivity index (χ2n) is 8.66. The van der Waals surface area contributed by atoms with Crippen molar-refractivity contribution in [3.63, 3.8) is 0 Å². The highest BCUT2D eigenvalue weighted by Gasteiger charge is 2.52. The Balaban J connectivity index is 1.41. The van der Waals surface area contributed by atoms with Crippen molar-refractivity contribution in [3.05, 3.63) is 82.7 Å². The second-order valence-corrected chi connectivity index (χ2v) is 8.66. The molecule has 5 nitrogen and oxygen atoms in total. The molecule has 1 aliphatic heterocycles. The summed E-state index contributed by atoms with van der Waals surface area (Å²) >= 11 is 0. The van der Waals surface area contributed by atoms with Crippen molar-refractivity contribution in [1.29, 1.82) is 0 Å². The maximum absolute atomic E-state index is 14.6. The minimum Gasteiger partial charge on any atom is -0.478 e. The van der Waals surface area contributed by atoms with E-state index in [1.54, 1.807) is 31.2 Å². The van der Waals surface area contributed by atoms with Gasteiger partial charge in [-0.25, -0.2) is 9.18 Å². The van der Waals surface area contributed by atoms with Gasteiger partial charge in [0.15, 0.2) is 11.5 Å². The lowest BCUT2D eigenvalue weighted by Crippen LogP contribution is -2.26. The normalized spacial score (nSPS) is 16.8. The number of fused-ring (bicyclic) bond motifs is 1. The Kier molecular flexibility index (Phi) is 4.93. The van der Waals surface area contributed by atoms with Gasteiger partial charge in [-0.1, -0.05) is 30.3 Å². The minimum atomic E-state index is -3.72. The van der Waals surface area contributed by atoms with Gasteiger partial charge in [0.25, 0.3) is 0 Å². The van der Waals surface area contributed by atoms with E-state index in [0.717, 1.165) is 11.6 Å². The van der Waals surface area contributed by atoms with Gasteiger partial charge in [0.2, 0.25) is 0 Å². The molecule has 3 aromatic rings. The Morgan fingerprint density at radius 1 is 0.941 bits per heavy atom. The zero-order chi connectivity index (χ0) is 24.3. The first-order chi connectivity index (χ1) is 16.1. The first-order valence-corrected chi connectivity index (χ1v) is 10.6. The van der Waals surface area contributed by atoms with Crippen LogP contribution in [-0.2, 0) is 16.6 Å². The predicted octanol–water partition coefficient (Wildman–Crippen LogP) is 5.66. The molecular formula is C26H19F3O5. The van der Waals surface area contributed by atoms with E-state index < -0.39 is 23.5 Å². The molecule has 3 aromatic carbocycles. The van der Waals surface area contributed by atoms with Crippen LogP contribution in [0.2, 0.25) is 0 Å². The van der Waals surface area contributed by atoms with Gasteiger partial charge in [0, 0.05) is 12.0 Å². The molecule has 174 valence electrons. The van der Waals surface area contributed by atoms with Gasteiger partial charge in [-0.15, -0.1) is 8.78 Å². The average Bonchev–Trinajstić information content (AvgIpc) is 3.52. The maximum Gasteiger partial charge on any atom is 0.586 e. The van der Waals surface area contributed by atoms with Crippen LogP contribution < -0.4 is 9.47 Å². The molecule has 0 unspecified atom stereocenters. The third-order valence-corrected chi connectivity index (χ3v) is 6.41. The van der Waals surface area contributed by atoms with Gasteiger partial charge in [0.05, 0.1) is 11.0 Å². The van der Waals surface area contributed by atoms with Crippen LogP contribution in [0.15, 0.2) is 54.6 Å². The molecule has 0 amide bonds. The maximum atomic E-state index is 14.6. The summed E-state index contributed by atoms with van der Waals surface area (Å²) in [5.41, 5.74) is 1.92. The summed E-state index contributed by atoms with van der Waals surface area (Å²) in [6, 6.07) is 13.4. The fraction of sp³-hybridized carbons (Fsp3) is 0.231. The van der Waals surface area contributed by atoms with Gasteiger partial charge < -0.3 is 14.6 Å². The molecule has 0 saturated heterocycles. The molecular weight excluding hydrogens is 449 g/mol. The van der Waals surface area contributed by atoms with Crippen LogP contribution in [0.4, 0.5) is 13.2 Å². The number of ketones is 1. The van der Waals surface area contributed by atoms with Crippen LogP contribution >= 0.6 is 0 Å². The molecule has 0 aromatic heterocycles. The van der Waals surface area contributed by atoms with E-state index in [9.17, 15) is 22.8 Å². The number of carbonyl (C=O) groups excluding carboxylic acids is 1. The van der Waals surface area contributed by atoms with Crippen LogP contribution in [-0.4, -0.2) is 23.2 Å². The zero-order valence-electron chi connectivity index (χ0n) is 18.0. The van der Waals surface area contributed by atoms with Crippen molar-refractivity contribution in [2.75, 3.05) is 0 Å². The Morgan fingerprint density at radius 3 is 2.35 bits per heavy atom. The molecule has 1 saturated carbocycles. The Morgan fingerprint density at radius 2 is 1.68 bits per heavy atom. The van der Waals surface area contributed by atoms with E-state index in [-0.39, 0.29) is 34.8 Å². The highest BCUT2D eigenvalue weighted by atomic mass is 19.3. The van der Waals surface area contributed by atoms with Gasteiger partial charge >= 0.3 is 12.3 Å². The van der Waals surface area contributed by atoms with E-state index in [0.29, 0.717) is 29.5 Å². The fourth-order valence-electron chi connectivity index (χ4n) is 4.39. The van der Waals surface area contributed by atoms with Crippen LogP contribution in [0.1, 0.15) is 39.9 Å². The zero-order valence-corrected chi connectivity index (χ0v) is 18.0. The molecule has 5 rings (SSSR count). The number of carboxylic acids is 1. The average molecular weight is 468 g/mol. The highest BCUT2D eigenvalue weighted by molar-refractivity contribution is 5.95. The highest BCUT2D eigenvalue weighted by Crippen LogP contribution is 2.52. The molecule has 2 aliphatic rings. The van der Waals surface area contributed by atoms with E-state index in [1.807, 2.05) is 0 Å². The second kappa shape index (κ2) is 7.62. The van der Waals surface area contributed by atoms with Gasteiger partial charge in [0.1, 0.15) is 11.6 Å². The number of hydrogen-bond acceptors (Lipinski definition) is 4. The van der Waals surface area contributed by atoms with Crippen LogP contribution in [0.5, 0.6) is 11.5 Å². The molecule has 0 atom stereocenters. The number of carbonyl (C=O) groups is 2. The summed E-state index contributed by atoms with van der Waals surface area (Å²) in [7, 11) is 0. The number of alkyl halides is 2. The topological polar surface area (TPSA) is 72.8 Å². The number of halogens is 3. The standard InChI is InChI=1S/C26H19F3O5/c1-14-2-3-15(10-19(14)18-6-4-16(24(31)32)12-20(18)27)11-23(30)25(8-9-25)17-5-7-21-22(13-17)34-26(28,29)33-21/h2-7,10,12-13H,8-9,11H2,1H3,(H,31,32). The summed E-state index contributed by atoms with van der Waals surface area (Å²) in [5, 5.41) is 9.07. The minimum absolute atomic E-state index is 0.0730. The monoisotopic (exact) mass is 468 g/mol. The van der Waals surface area contributed by atoms with Crippen molar-refractivity contribution in [2.45, 2.75) is 37.9 Å². The van der Waals surface area contributed by atoms with Crippen molar-refractivity contribution < 1.29 is 37.3 Å². The van der Waals surface area contributed by atoms with Crippen molar-refractivity contribution in [1.82, 2.24) is 0 Å². The summed E-state index contributed by atoms with van der Waals surface area (Å²) in [4.78, 5) is 24.4. The third-order valence-electron chi connectivity index (χ3n) is 6.41. The molecule has 1 aliphatic carbocycles. The van der Waals surface area contributed by atoms with Crippen LogP contribution in [0.25, 0.3) is 11.1 Å². The van der Waals surface area contributed by atoms with Gasteiger partial charge in [-0.3, -0.25) is 4.79 Å². The molecule has 0 bridgehead atoms. The first kappa shape index (κ1) is 22.0. The summed E-state index contributed by atoms with van der Waals surface area (Å²) < 4.78 is 50.3. The molecule has 8 heteroatoms. The number of benzene rings is 3. The molecule has 1 N–H and O–H groups in total. The summed E-state index contributed by atoms with van der Waals surface area (Å²) in [5.74, 6) is -2.13. The van der Waals surface area contributed by atoms with Gasteiger partial charge in [-0.05, 0) is 66.3 Å². The number of aryl methyl sites for hydroxylation is 1. The van der Waals surface area contributed by atoms with Crippen LogP contribution in [0, 0.1) is 12.7 Å². The Bertz CT molecular complexity index is 1340.